The molecule has 0 spiro atoms. The van der Waals surface area contributed by atoms with Crippen LogP contribution in [0.4, 0.5) is 0 Å². The zero-order valence-electron chi connectivity index (χ0n) is 12.4. The zero-order chi connectivity index (χ0) is 14.2. The number of hydrogen-bond acceptors (Lipinski definition) is 3. The minimum Gasteiger partial charge on any atom is -0.320 e. The molecule has 3 heteroatoms. The molecule has 0 bridgehead atoms. The van der Waals surface area contributed by atoms with Gasteiger partial charge in [0.2, 0.25) is 0 Å². The molecule has 0 unspecified atom stereocenters. The first-order valence-electron chi connectivity index (χ1n) is 7.55. The van der Waals surface area contributed by atoms with Crippen molar-refractivity contribution >= 4 is 0 Å². The molecule has 2 N–H and O–H groups in total. The second-order valence-corrected chi connectivity index (χ2v) is 5.28. The lowest BCUT2D eigenvalue weighted by atomic mass is 10.1. The standard InChI is InChI=1S/C17H25N3/c1-2-10-19-11-13-20(14-12-19)15-17-7-4-3-6-16(17)8-5-9-18/h3-4,6-7H,2,9-15,18H2,1H3. The number of hydrogen-bond donors (Lipinski definition) is 1. The van der Waals surface area contributed by atoms with E-state index in [1.807, 2.05) is 6.07 Å². The van der Waals surface area contributed by atoms with Gasteiger partial charge in [-0.15, -0.1) is 0 Å². The average Bonchev–Trinajstić information content (AvgIpc) is 2.49. The van der Waals surface area contributed by atoms with Crippen molar-refractivity contribution in [2.24, 2.45) is 5.73 Å². The third-order valence-electron chi connectivity index (χ3n) is 3.74. The van der Waals surface area contributed by atoms with E-state index in [4.69, 9.17) is 5.73 Å². The van der Waals surface area contributed by atoms with E-state index < -0.39 is 0 Å². The van der Waals surface area contributed by atoms with Gasteiger partial charge >= 0.3 is 0 Å². The van der Waals surface area contributed by atoms with Crippen molar-refractivity contribution < 1.29 is 0 Å². The first-order chi connectivity index (χ1) is 9.83. The lowest BCUT2D eigenvalue weighted by Crippen LogP contribution is -2.46. The van der Waals surface area contributed by atoms with Gasteiger partial charge in [-0.1, -0.05) is 37.0 Å². The highest BCUT2D eigenvalue weighted by molar-refractivity contribution is 5.41. The van der Waals surface area contributed by atoms with Crippen molar-refractivity contribution in [1.29, 1.82) is 0 Å². The van der Waals surface area contributed by atoms with Crippen LogP contribution in [0, 0.1) is 11.8 Å². The number of nitrogens with zero attached hydrogens (tertiary/aromatic N) is 2. The lowest BCUT2D eigenvalue weighted by molar-refractivity contribution is 0.127. The molecule has 1 aliphatic rings. The maximum absolute atomic E-state index is 5.46. The first-order valence-corrected chi connectivity index (χ1v) is 7.55. The molecule has 1 aromatic carbocycles. The Morgan fingerprint density at radius 2 is 1.80 bits per heavy atom. The van der Waals surface area contributed by atoms with Crippen LogP contribution in [0.5, 0.6) is 0 Å². The predicted molar refractivity (Wildman–Crippen MR) is 84.4 cm³/mol. The van der Waals surface area contributed by atoms with Gasteiger partial charge in [0.05, 0.1) is 6.54 Å². The summed E-state index contributed by atoms with van der Waals surface area (Å²) < 4.78 is 0. The summed E-state index contributed by atoms with van der Waals surface area (Å²) in [5.41, 5.74) is 7.90. The largest absolute Gasteiger partial charge is 0.320 e. The van der Waals surface area contributed by atoms with Gasteiger partial charge in [-0.25, -0.2) is 0 Å². The fourth-order valence-corrected chi connectivity index (χ4v) is 2.65. The van der Waals surface area contributed by atoms with Crippen LogP contribution in [0.2, 0.25) is 0 Å². The van der Waals surface area contributed by atoms with Gasteiger partial charge < -0.3 is 10.6 Å². The van der Waals surface area contributed by atoms with Crippen molar-refractivity contribution in [2.45, 2.75) is 19.9 Å². The van der Waals surface area contributed by atoms with E-state index in [-0.39, 0.29) is 0 Å². The van der Waals surface area contributed by atoms with E-state index in [9.17, 15) is 0 Å². The van der Waals surface area contributed by atoms with Crippen molar-refractivity contribution in [2.75, 3.05) is 39.3 Å². The van der Waals surface area contributed by atoms with Gasteiger partial charge in [0, 0.05) is 38.3 Å². The summed E-state index contributed by atoms with van der Waals surface area (Å²) in [4.78, 5) is 5.08. The third-order valence-corrected chi connectivity index (χ3v) is 3.74. The molecular formula is C17H25N3. The minimum atomic E-state index is 0.421. The van der Waals surface area contributed by atoms with Crippen molar-refractivity contribution in [3.63, 3.8) is 0 Å². The lowest BCUT2D eigenvalue weighted by Gasteiger charge is -2.34. The van der Waals surface area contributed by atoms with Crippen molar-refractivity contribution in [3.8, 4) is 11.8 Å². The molecule has 2 rings (SSSR count). The maximum atomic E-state index is 5.46. The van der Waals surface area contributed by atoms with E-state index in [0.717, 1.165) is 25.2 Å². The second kappa shape index (κ2) is 8.06. The van der Waals surface area contributed by atoms with Gasteiger partial charge in [-0.2, -0.15) is 0 Å². The molecule has 1 aromatic rings. The summed E-state index contributed by atoms with van der Waals surface area (Å²) in [6, 6.07) is 8.41. The van der Waals surface area contributed by atoms with Crippen LogP contribution in [0.1, 0.15) is 24.5 Å². The Bertz CT molecular complexity index is 465. The number of rotatable bonds is 4. The summed E-state index contributed by atoms with van der Waals surface area (Å²) in [6.07, 6.45) is 1.25. The van der Waals surface area contributed by atoms with Crippen LogP contribution in [0.25, 0.3) is 0 Å². The summed E-state index contributed by atoms with van der Waals surface area (Å²) in [5.74, 6) is 6.14. The van der Waals surface area contributed by atoms with Gasteiger partial charge in [-0.05, 0) is 24.6 Å². The van der Waals surface area contributed by atoms with E-state index >= 15 is 0 Å². The molecule has 1 heterocycles. The number of nitrogens with two attached hydrogens (primary N) is 1. The summed E-state index contributed by atoms with van der Waals surface area (Å²) in [6.45, 7) is 9.57. The van der Waals surface area contributed by atoms with Gasteiger partial charge in [-0.3, -0.25) is 4.90 Å². The molecule has 0 amide bonds. The van der Waals surface area contributed by atoms with Crippen LogP contribution in [0.15, 0.2) is 24.3 Å². The fourth-order valence-electron chi connectivity index (χ4n) is 2.65. The van der Waals surface area contributed by atoms with Crippen molar-refractivity contribution in [1.82, 2.24) is 9.80 Å². The first kappa shape index (κ1) is 15.1. The Balaban J connectivity index is 1.94. The fraction of sp³-hybridized carbons (Fsp3) is 0.529. The highest BCUT2D eigenvalue weighted by Crippen LogP contribution is 2.12. The van der Waals surface area contributed by atoms with E-state index in [1.165, 1.54) is 31.6 Å². The summed E-state index contributed by atoms with van der Waals surface area (Å²) in [5, 5.41) is 0. The van der Waals surface area contributed by atoms with Gasteiger partial charge in [0.25, 0.3) is 0 Å². The smallest absolute Gasteiger partial charge is 0.0555 e. The highest BCUT2D eigenvalue weighted by Gasteiger charge is 2.16. The van der Waals surface area contributed by atoms with E-state index in [2.05, 4.69) is 46.8 Å². The van der Waals surface area contributed by atoms with Gasteiger partial charge in [0.1, 0.15) is 0 Å². The average molecular weight is 271 g/mol. The molecule has 1 saturated heterocycles. The number of benzene rings is 1. The molecular weight excluding hydrogens is 246 g/mol. The third kappa shape index (κ3) is 4.35. The van der Waals surface area contributed by atoms with Crippen LogP contribution in [-0.2, 0) is 6.54 Å². The molecule has 0 aliphatic carbocycles. The number of piperazine rings is 1. The molecule has 0 radical (unpaired) electrons. The topological polar surface area (TPSA) is 32.5 Å². The van der Waals surface area contributed by atoms with Crippen LogP contribution < -0.4 is 5.73 Å². The predicted octanol–water partition coefficient (Wildman–Crippen LogP) is 1.52. The van der Waals surface area contributed by atoms with Crippen LogP contribution >= 0.6 is 0 Å². The molecule has 3 nitrogen and oxygen atoms in total. The molecule has 1 fully saturated rings. The summed E-state index contributed by atoms with van der Waals surface area (Å²) in [7, 11) is 0. The summed E-state index contributed by atoms with van der Waals surface area (Å²) >= 11 is 0. The molecule has 0 atom stereocenters. The van der Waals surface area contributed by atoms with E-state index in [1.54, 1.807) is 0 Å². The van der Waals surface area contributed by atoms with Gasteiger partial charge in [0.15, 0.2) is 0 Å². The van der Waals surface area contributed by atoms with Crippen LogP contribution in [-0.4, -0.2) is 49.1 Å². The Hall–Kier alpha value is -1.34. The zero-order valence-corrected chi connectivity index (χ0v) is 12.4. The quantitative estimate of drug-likeness (QED) is 0.843. The molecule has 0 aromatic heterocycles. The monoisotopic (exact) mass is 271 g/mol. The molecule has 108 valence electrons. The van der Waals surface area contributed by atoms with Crippen molar-refractivity contribution in [3.05, 3.63) is 35.4 Å². The normalized spacial score (nSPS) is 16.7. The Morgan fingerprint density at radius 1 is 1.10 bits per heavy atom. The van der Waals surface area contributed by atoms with Crippen LogP contribution in [0.3, 0.4) is 0 Å². The molecule has 1 aliphatic heterocycles. The second-order valence-electron chi connectivity index (χ2n) is 5.28. The SMILES string of the molecule is CCCN1CCN(Cc2ccccc2C#CCN)CC1. The minimum absolute atomic E-state index is 0.421. The molecule has 0 saturated carbocycles. The maximum Gasteiger partial charge on any atom is 0.0555 e. The van der Waals surface area contributed by atoms with E-state index in [0.29, 0.717) is 6.54 Å². The highest BCUT2D eigenvalue weighted by atomic mass is 15.3. The Labute approximate surface area is 122 Å². The molecule has 20 heavy (non-hydrogen) atoms. The Morgan fingerprint density at radius 3 is 2.50 bits per heavy atom. The Kier molecular flexibility index (Phi) is 6.07.